The Kier molecular flexibility index (Phi) is 5.25. The average Bonchev–Trinajstić information content (AvgIpc) is 3.44. The van der Waals surface area contributed by atoms with Crippen LogP contribution in [0, 0.1) is 5.92 Å². The second kappa shape index (κ2) is 7.68. The molecule has 0 saturated heterocycles. The van der Waals surface area contributed by atoms with Gasteiger partial charge in [0.05, 0.1) is 16.8 Å². The van der Waals surface area contributed by atoms with Crippen molar-refractivity contribution in [3.8, 4) is 0 Å². The molecule has 1 aromatic carbocycles. The first-order valence-corrected chi connectivity index (χ1v) is 11.4. The molecule has 2 aromatic rings. The summed E-state index contributed by atoms with van der Waals surface area (Å²) in [6.45, 7) is -0.301. The Morgan fingerprint density at radius 2 is 1.71 bits per heavy atom. The summed E-state index contributed by atoms with van der Waals surface area (Å²) < 4.78 is 24.9. The summed E-state index contributed by atoms with van der Waals surface area (Å²) in [6, 6.07) is 10.4. The maximum absolute atomic E-state index is 12.5. The van der Waals surface area contributed by atoms with Gasteiger partial charge in [-0.1, -0.05) is 31.1 Å². The quantitative estimate of drug-likeness (QED) is 0.779. The van der Waals surface area contributed by atoms with Crippen molar-refractivity contribution >= 4 is 15.4 Å². The molecule has 0 atom stereocenters. The fourth-order valence-corrected chi connectivity index (χ4v) is 5.54. The average molecular weight is 400 g/mol. The Labute approximate surface area is 165 Å². The van der Waals surface area contributed by atoms with Gasteiger partial charge in [-0.3, -0.25) is 4.79 Å². The van der Waals surface area contributed by atoms with E-state index in [1.54, 1.807) is 18.2 Å². The number of aromatic amines is 1. The maximum atomic E-state index is 12.5. The number of pyridine rings is 1. The minimum absolute atomic E-state index is 0.228. The van der Waals surface area contributed by atoms with Crippen molar-refractivity contribution in [3.05, 3.63) is 69.6 Å². The first-order chi connectivity index (χ1) is 13.5. The van der Waals surface area contributed by atoms with Gasteiger partial charge < -0.3 is 10.1 Å². The highest BCUT2D eigenvalue weighted by molar-refractivity contribution is 7.92. The van der Waals surface area contributed by atoms with E-state index in [9.17, 15) is 18.3 Å². The number of rotatable bonds is 6. The lowest BCUT2D eigenvalue weighted by atomic mass is 9.96. The number of aliphatic hydroxyl groups is 1. The Morgan fingerprint density at radius 3 is 2.29 bits per heavy atom. The molecule has 0 bridgehead atoms. The summed E-state index contributed by atoms with van der Waals surface area (Å²) in [5.41, 5.74) is 2.50. The van der Waals surface area contributed by atoms with Crippen LogP contribution in [0.15, 0.2) is 52.2 Å². The fourth-order valence-electron chi connectivity index (χ4n) is 3.88. The van der Waals surface area contributed by atoms with Crippen LogP contribution in [0.25, 0.3) is 5.57 Å². The molecule has 2 saturated carbocycles. The molecule has 0 spiro atoms. The van der Waals surface area contributed by atoms with Gasteiger partial charge in [-0.2, -0.15) is 0 Å². The summed E-state index contributed by atoms with van der Waals surface area (Å²) in [5.74, 6) is 0.450. The summed E-state index contributed by atoms with van der Waals surface area (Å²) in [7, 11) is -3.22. The van der Waals surface area contributed by atoms with E-state index in [-0.39, 0.29) is 17.4 Å². The molecule has 4 rings (SSSR count). The predicted octanol–water partition coefficient (Wildman–Crippen LogP) is 3.43. The Hall–Kier alpha value is -2.18. The molecule has 5 nitrogen and oxygen atoms in total. The van der Waals surface area contributed by atoms with E-state index >= 15 is 0 Å². The van der Waals surface area contributed by atoms with E-state index in [0.29, 0.717) is 22.1 Å². The number of sulfone groups is 1. The zero-order chi connectivity index (χ0) is 19.7. The van der Waals surface area contributed by atoms with E-state index in [0.717, 1.165) is 36.8 Å². The molecule has 0 amide bonds. The van der Waals surface area contributed by atoms with Gasteiger partial charge in [0, 0.05) is 16.8 Å². The minimum Gasteiger partial charge on any atom is -0.391 e. The molecule has 2 N–H and O–H groups in total. The third-order valence-corrected chi connectivity index (χ3v) is 7.99. The third kappa shape index (κ3) is 3.84. The molecular formula is C22H25NO4S. The summed E-state index contributed by atoms with van der Waals surface area (Å²) >= 11 is 0. The topological polar surface area (TPSA) is 87.2 Å². The molecule has 148 valence electrons. The smallest absolute Gasteiger partial charge is 0.253 e. The van der Waals surface area contributed by atoms with Crippen molar-refractivity contribution in [2.75, 3.05) is 0 Å². The highest BCUT2D eigenvalue weighted by Crippen LogP contribution is 2.35. The van der Waals surface area contributed by atoms with Crippen LogP contribution >= 0.6 is 0 Å². The number of aliphatic hydroxyl groups excluding tert-OH is 1. The molecular weight excluding hydrogens is 374 g/mol. The lowest BCUT2D eigenvalue weighted by molar-refractivity contribution is 0.280. The monoisotopic (exact) mass is 399 g/mol. The first-order valence-electron chi connectivity index (χ1n) is 9.88. The van der Waals surface area contributed by atoms with Crippen LogP contribution in [0.5, 0.6) is 0 Å². The number of benzene rings is 1. The van der Waals surface area contributed by atoms with Crippen molar-refractivity contribution in [3.63, 3.8) is 0 Å². The van der Waals surface area contributed by atoms with Crippen LogP contribution in [0.1, 0.15) is 55.3 Å². The Balaban J connectivity index is 1.73. The molecule has 1 heterocycles. The molecule has 0 aliphatic heterocycles. The van der Waals surface area contributed by atoms with Crippen LogP contribution in [-0.2, 0) is 16.4 Å². The standard InChI is InChI=1S/C22H25NO4S/c24-14-17-7-12-21(23-22(17)25)20(13-15-3-1-2-4-15)16-5-8-18(9-6-16)28(26,27)19-10-11-19/h5-9,12-13,15,19,24H,1-4,10-11,14H2,(H,23,25)/b20-13-. The Bertz CT molecular complexity index is 1040. The van der Waals surface area contributed by atoms with Gasteiger partial charge >= 0.3 is 0 Å². The van der Waals surface area contributed by atoms with Gasteiger partial charge in [0.25, 0.3) is 5.56 Å². The second-order valence-electron chi connectivity index (χ2n) is 7.78. The number of hydrogen-bond acceptors (Lipinski definition) is 4. The van der Waals surface area contributed by atoms with Gasteiger partial charge in [-0.25, -0.2) is 8.42 Å². The molecule has 6 heteroatoms. The van der Waals surface area contributed by atoms with Crippen LogP contribution in [0.2, 0.25) is 0 Å². The van der Waals surface area contributed by atoms with E-state index < -0.39 is 9.84 Å². The molecule has 28 heavy (non-hydrogen) atoms. The largest absolute Gasteiger partial charge is 0.391 e. The fraction of sp³-hybridized carbons (Fsp3) is 0.409. The van der Waals surface area contributed by atoms with Crippen LogP contribution in [0.3, 0.4) is 0 Å². The number of hydrogen-bond donors (Lipinski definition) is 2. The van der Waals surface area contributed by atoms with Crippen molar-refractivity contribution in [2.24, 2.45) is 5.92 Å². The molecule has 2 fully saturated rings. The van der Waals surface area contributed by atoms with Crippen molar-refractivity contribution in [1.29, 1.82) is 0 Å². The van der Waals surface area contributed by atoms with Crippen LogP contribution < -0.4 is 5.56 Å². The maximum Gasteiger partial charge on any atom is 0.253 e. The zero-order valence-electron chi connectivity index (χ0n) is 15.7. The molecule has 2 aliphatic carbocycles. The summed E-state index contributed by atoms with van der Waals surface area (Å²) in [5, 5.41) is 9.03. The first kappa shape index (κ1) is 19.2. The second-order valence-corrected chi connectivity index (χ2v) is 10.0. The summed E-state index contributed by atoms with van der Waals surface area (Å²) in [6.07, 6.45) is 8.33. The normalized spacial score (nSPS) is 18.5. The SMILES string of the molecule is O=c1[nH]c(/C(=C\C2CCCC2)c2ccc(S(=O)(=O)C3CC3)cc2)ccc1CO. The van der Waals surface area contributed by atoms with Gasteiger partial charge in [0.2, 0.25) is 0 Å². The molecule has 1 aromatic heterocycles. The number of aromatic nitrogens is 1. The number of H-pyrrole nitrogens is 1. The van der Waals surface area contributed by atoms with Crippen molar-refractivity contribution in [2.45, 2.75) is 55.3 Å². The van der Waals surface area contributed by atoms with Crippen LogP contribution in [-0.4, -0.2) is 23.8 Å². The van der Waals surface area contributed by atoms with Gasteiger partial charge in [-0.15, -0.1) is 0 Å². The third-order valence-electron chi connectivity index (χ3n) is 5.71. The summed E-state index contributed by atoms with van der Waals surface area (Å²) in [4.78, 5) is 15.4. The number of nitrogens with one attached hydrogen (secondary N) is 1. The van der Waals surface area contributed by atoms with Gasteiger partial charge in [-0.05, 0) is 61.4 Å². The Morgan fingerprint density at radius 1 is 1.04 bits per heavy atom. The highest BCUT2D eigenvalue weighted by Gasteiger charge is 2.36. The van der Waals surface area contributed by atoms with Gasteiger partial charge in [0.1, 0.15) is 0 Å². The van der Waals surface area contributed by atoms with E-state index in [1.165, 1.54) is 12.8 Å². The lowest BCUT2D eigenvalue weighted by Gasteiger charge is -2.13. The minimum atomic E-state index is -3.22. The molecule has 0 unspecified atom stereocenters. The zero-order valence-corrected chi connectivity index (χ0v) is 16.5. The predicted molar refractivity (Wildman–Crippen MR) is 109 cm³/mol. The molecule has 0 radical (unpaired) electrons. The van der Waals surface area contributed by atoms with Crippen LogP contribution in [0.4, 0.5) is 0 Å². The van der Waals surface area contributed by atoms with E-state index in [1.807, 2.05) is 18.2 Å². The lowest BCUT2D eigenvalue weighted by Crippen LogP contribution is -2.14. The number of allylic oxidation sites excluding steroid dienone is 1. The van der Waals surface area contributed by atoms with E-state index in [4.69, 9.17) is 0 Å². The van der Waals surface area contributed by atoms with Gasteiger partial charge in [0.15, 0.2) is 9.84 Å². The van der Waals surface area contributed by atoms with Crippen molar-refractivity contribution in [1.82, 2.24) is 4.98 Å². The molecule has 2 aliphatic rings. The highest BCUT2D eigenvalue weighted by atomic mass is 32.2. The van der Waals surface area contributed by atoms with E-state index in [2.05, 4.69) is 11.1 Å². The van der Waals surface area contributed by atoms with Crippen molar-refractivity contribution < 1.29 is 13.5 Å².